The van der Waals surface area contributed by atoms with E-state index in [1.165, 1.54) is 0 Å². The number of benzene rings is 2. The van der Waals surface area contributed by atoms with Gasteiger partial charge in [-0.3, -0.25) is 4.84 Å². The van der Waals surface area contributed by atoms with Crippen molar-refractivity contribution in [2.45, 2.75) is 24.8 Å². The second kappa shape index (κ2) is 8.30. The van der Waals surface area contributed by atoms with Gasteiger partial charge in [-0.25, -0.2) is 10.0 Å². The second-order valence-corrected chi connectivity index (χ2v) is 7.00. The van der Waals surface area contributed by atoms with Crippen LogP contribution in [-0.4, -0.2) is 16.6 Å². The van der Waals surface area contributed by atoms with Gasteiger partial charge in [-0.15, -0.1) is 0 Å². The number of hydrogen-bond acceptors (Lipinski definition) is 5. The Morgan fingerprint density at radius 2 is 1.59 bits per heavy atom. The molecule has 0 aliphatic carbocycles. The average Bonchev–Trinajstić information content (AvgIpc) is 3.23. The van der Waals surface area contributed by atoms with E-state index >= 15 is 0 Å². The van der Waals surface area contributed by atoms with Crippen LogP contribution in [0.1, 0.15) is 29.2 Å². The second-order valence-electron chi connectivity index (χ2n) is 7.00. The van der Waals surface area contributed by atoms with Gasteiger partial charge in [-0.2, -0.15) is 31.3 Å². The molecule has 168 valence electrons. The maximum Gasteiger partial charge on any atom is 0.421 e. The number of halogens is 6. The fraction of sp³-hybridized carbons (Fsp3) is 0.238. The molecule has 1 aliphatic heterocycles. The van der Waals surface area contributed by atoms with Crippen molar-refractivity contribution >= 4 is 17.5 Å². The molecule has 0 bridgehead atoms. The van der Waals surface area contributed by atoms with E-state index in [-0.39, 0.29) is 18.2 Å². The zero-order chi connectivity index (χ0) is 22.9. The van der Waals surface area contributed by atoms with Crippen LogP contribution < -0.4 is 10.4 Å². The third-order valence-corrected chi connectivity index (χ3v) is 4.84. The van der Waals surface area contributed by atoms with Crippen LogP contribution in [0.2, 0.25) is 0 Å². The third-order valence-electron chi connectivity index (χ3n) is 4.84. The first-order chi connectivity index (χ1) is 15.1. The van der Waals surface area contributed by atoms with Gasteiger partial charge in [0.15, 0.2) is 5.82 Å². The Morgan fingerprint density at radius 1 is 0.906 bits per heavy atom. The minimum atomic E-state index is -4.74. The van der Waals surface area contributed by atoms with Crippen molar-refractivity contribution in [2.24, 2.45) is 0 Å². The Labute approximate surface area is 178 Å². The SMILES string of the molecule is FC(F)(F)c1ccc(Nc2ncc(C(F)(F)F)c(N3OCC[C@H]3c3ccccc3)n2)cc1. The number of nitrogens with one attached hydrogen (secondary N) is 1. The van der Waals surface area contributed by atoms with Crippen molar-refractivity contribution in [1.29, 1.82) is 0 Å². The quantitative estimate of drug-likeness (QED) is 0.480. The molecule has 0 unspecified atom stereocenters. The number of aromatic nitrogens is 2. The first kappa shape index (κ1) is 21.9. The number of hydroxylamine groups is 1. The van der Waals surface area contributed by atoms with Crippen LogP contribution >= 0.6 is 0 Å². The molecule has 1 aromatic heterocycles. The summed E-state index contributed by atoms with van der Waals surface area (Å²) in [6, 6.07) is 12.4. The Hall–Kier alpha value is -3.34. The highest BCUT2D eigenvalue weighted by molar-refractivity contribution is 5.58. The fourth-order valence-corrected chi connectivity index (χ4v) is 3.33. The summed E-state index contributed by atoms with van der Waals surface area (Å²) >= 11 is 0. The van der Waals surface area contributed by atoms with Crippen molar-refractivity contribution < 1.29 is 31.2 Å². The molecule has 1 N–H and O–H groups in total. The van der Waals surface area contributed by atoms with E-state index in [1.54, 1.807) is 30.3 Å². The van der Waals surface area contributed by atoms with E-state index in [0.29, 0.717) is 12.6 Å². The van der Waals surface area contributed by atoms with Gasteiger partial charge in [0.25, 0.3) is 0 Å². The topological polar surface area (TPSA) is 50.3 Å². The summed E-state index contributed by atoms with van der Waals surface area (Å²) in [7, 11) is 0. The molecule has 1 saturated heterocycles. The van der Waals surface area contributed by atoms with Crippen LogP contribution in [0.4, 0.5) is 43.8 Å². The summed E-state index contributed by atoms with van der Waals surface area (Å²) in [4.78, 5) is 13.2. The molecule has 2 heterocycles. The molecule has 0 spiro atoms. The van der Waals surface area contributed by atoms with Gasteiger partial charge in [0, 0.05) is 18.3 Å². The third kappa shape index (κ3) is 4.62. The summed E-state index contributed by atoms with van der Waals surface area (Å²) in [5.74, 6) is -0.691. The first-order valence-corrected chi connectivity index (χ1v) is 9.48. The van der Waals surface area contributed by atoms with E-state index < -0.39 is 35.3 Å². The van der Waals surface area contributed by atoms with Crippen LogP contribution in [0.3, 0.4) is 0 Å². The van der Waals surface area contributed by atoms with Crippen molar-refractivity contribution in [3.05, 3.63) is 77.5 Å². The highest BCUT2D eigenvalue weighted by atomic mass is 19.4. The molecule has 11 heteroatoms. The molecule has 5 nitrogen and oxygen atoms in total. The van der Waals surface area contributed by atoms with Gasteiger partial charge < -0.3 is 5.32 Å². The number of hydrogen-bond donors (Lipinski definition) is 1. The molecule has 1 atom stereocenters. The van der Waals surface area contributed by atoms with E-state index in [4.69, 9.17) is 4.84 Å². The summed E-state index contributed by atoms with van der Waals surface area (Å²) in [6.45, 7) is 0.197. The average molecular weight is 454 g/mol. The summed E-state index contributed by atoms with van der Waals surface area (Å²) in [5, 5.41) is 3.75. The van der Waals surface area contributed by atoms with Crippen molar-refractivity contribution in [2.75, 3.05) is 17.0 Å². The Kier molecular flexibility index (Phi) is 5.68. The van der Waals surface area contributed by atoms with Crippen LogP contribution in [0, 0.1) is 0 Å². The first-order valence-electron chi connectivity index (χ1n) is 9.48. The standard InChI is InChI=1S/C21H16F6N4O/c22-20(23,24)14-6-8-15(9-7-14)29-19-28-12-16(21(25,26)27)18(30-19)31-17(10-11-32-31)13-4-2-1-3-5-13/h1-9,12,17H,10-11H2,(H,28,29,30)/t17-/m0/s1. The largest absolute Gasteiger partial charge is 0.421 e. The lowest BCUT2D eigenvalue weighted by atomic mass is 10.0. The van der Waals surface area contributed by atoms with E-state index in [0.717, 1.165) is 34.9 Å². The normalized spacial score (nSPS) is 16.9. The van der Waals surface area contributed by atoms with E-state index in [9.17, 15) is 26.3 Å². The minimum Gasteiger partial charge on any atom is -0.324 e. The minimum absolute atomic E-state index is 0.186. The van der Waals surface area contributed by atoms with Crippen LogP contribution in [0.5, 0.6) is 0 Å². The molecule has 1 aliphatic rings. The number of anilines is 3. The summed E-state index contributed by atoms with van der Waals surface area (Å²) in [6.07, 6.45) is -8.17. The van der Waals surface area contributed by atoms with Gasteiger partial charge in [-0.05, 0) is 29.8 Å². The lowest BCUT2D eigenvalue weighted by Gasteiger charge is -2.26. The monoisotopic (exact) mass is 454 g/mol. The van der Waals surface area contributed by atoms with Crippen LogP contribution in [-0.2, 0) is 17.2 Å². The summed E-state index contributed by atoms with van der Waals surface area (Å²) < 4.78 is 79.2. The molecule has 1 fully saturated rings. The number of nitrogens with zero attached hydrogens (tertiary/aromatic N) is 3. The Morgan fingerprint density at radius 3 is 2.22 bits per heavy atom. The van der Waals surface area contributed by atoms with Crippen molar-refractivity contribution in [1.82, 2.24) is 9.97 Å². The molecule has 0 saturated carbocycles. The maximum atomic E-state index is 13.7. The molecule has 3 aromatic rings. The maximum absolute atomic E-state index is 13.7. The molecular formula is C21H16F6N4O. The lowest BCUT2D eigenvalue weighted by Crippen LogP contribution is -2.26. The van der Waals surface area contributed by atoms with E-state index in [2.05, 4.69) is 15.3 Å². The Balaban J connectivity index is 1.67. The van der Waals surface area contributed by atoms with Gasteiger partial charge >= 0.3 is 12.4 Å². The zero-order valence-electron chi connectivity index (χ0n) is 16.3. The van der Waals surface area contributed by atoms with Gasteiger partial charge in [0.05, 0.1) is 18.2 Å². The van der Waals surface area contributed by atoms with Gasteiger partial charge in [0.1, 0.15) is 5.56 Å². The Bertz CT molecular complexity index is 1070. The van der Waals surface area contributed by atoms with Gasteiger partial charge in [-0.1, -0.05) is 30.3 Å². The molecule has 0 radical (unpaired) electrons. The highest BCUT2D eigenvalue weighted by Gasteiger charge is 2.40. The molecular weight excluding hydrogens is 438 g/mol. The summed E-state index contributed by atoms with van der Waals surface area (Å²) in [5.41, 5.74) is -0.994. The van der Waals surface area contributed by atoms with Crippen LogP contribution in [0.15, 0.2) is 60.8 Å². The van der Waals surface area contributed by atoms with Crippen molar-refractivity contribution in [3.63, 3.8) is 0 Å². The number of rotatable bonds is 4. The fourth-order valence-electron chi connectivity index (χ4n) is 3.33. The highest BCUT2D eigenvalue weighted by Crippen LogP contribution is 2.41. The predicted octanol–water partition coefficient (Wildman–Crippen LogP) is 6.14. The molecule has 32 heavy (non-hydrogen) atoms. The van der Waals surface area contributed by atoms with Crippen molar-refractivity contribution in [3.8, 4) is 0 Å². The van der Waals surface area contributed by atoms with Crippen LogP contribution in [0.25, 0.3) is 0 Å². The molecule has 0 amide bonds. The molecule has 4 rings (SSSR count). The number of alkyl halides is 6. The predicted molar refractivity (Wildman–Crippen MR) is 104 cm³/mol. The van der Waals surface area contributed by atoms with Gasteiger partial charge in [0.2, 0.25) is 5.95 Å². The zero-order valence-corrected chi connectivity index (χ0v) is 16.3. The molecule has 2 aromatic carbocycles. The van der Waals surface area contributed by atoms with E-state index in [1.807, 2.05) is 0 Å². The smallest absolute Gasteiger partial charge is 0.324 e. The lowest BCUT2D eigenvalue weighted by molar-refractivity contribution is -0.138.